The Morgan fingerprint density at radius 3 is 2.56 bits per heavy atom. The summed E-state index contributed by atoms with van der Waals surface area (Å²) in [4.78, 5) is -0.742. The number of hydrogen-bond donors (Lipinski definition) is 2. The second kappa shape index (κ2) is 5.08. The Balaban J connectivity index is 0.00000162. The van der Waals surface area contributed by atoms with Crippen molar-refractivity contribution in [3.05, 3.63) is 17.2 Å². The Morgan fingerprint density at radius 1 is 1.39 bits per heavy atom. The van der Waals surface area contributed by atoms with Gasteiger partial charge >= 0.3 is 29.6 Å². The van der Waals surface area contributed by atoms with Crippen molar-refractivity contribution in [1.29, 1.82) is 0 Å². The Kier molecular flexibility index (Phi) is 4.49. The minimum atomic E-state index is -4.09. The number of nitrogens with two attached hydrogens (primary N) is 1. The molecule has 1 heterocycles. The number of rotatable bonds is 1. The summed E-state index contributed by atoms with van der Waals surface area (Å²) < 4.78 is 48.7. The molecule has 0 fully saturated rings. The van der Waals surface area contributed by atoms with E-state index in [4.69, 9.17) is 16.7 Å². The van der Waals surface area contributed by atoms with Gasteiger partial charge in [-0.05, 0) is 12.1 Å². The molecule has 0 bridgehead atoms. The fourth-order valence-corrected chi connectivity index (χ4v) is 3.44. The van der Waals surface area contributed by atoms with Crippen LogP contribution >= 0.6 is 11.6 Å². The molecule has 1 aliphatic rings. The minimum Gasteiger partial charge on any atom is -1.00 e. The van der Waals surface area contributed by atoms with Crippen molar-refractivity contribution in [3.63, 3.8) is 0 Å². The number of halogens is 1. The normalized spacial score (nSPS) is 16.3. The molecule has 18 heavy (non-hydrogen) atoms. The summed E-state index contributed by atoms with van der Waals surface area (Å²) in [7, 11) is -8.01. The van der Waals surface area contributed by atoms with Gasteiger partial charge < -0.3 is 6.74 Å². The van der Waals surface area contributed by atoms with Crippen LogP contribution in [0.4, 0.5) is 5.69 Å². The smallest absolute Gasteiger partial charge is 1.00 e. The Morgan fingerprint density at radius 2 is 2.00 bits per heavy atom. The van der Waals surface area contributed by atoms with Crippen LogP contribution in [0.15, 0.2) is 26.3 Å². The van der Waals surface area contributed by atoms with Gasteiger partial charge in [0.2, 0.25) is 10.0 Å². The van der Waals surface area contributed by atoms with E-state index < -0.39 is 24.9 Å². The van der Waals surface area contributed by atoms with Gasteiger partial charge in [0, 0.05) is 0 Å². The summed E-state index contributed by atoms with van der Waals surface area (Å²) in [5.74, 6) is 0. The zero-order valence-electron chi connectivity index (χ0n) is 10.1. The van der Waals surface area contributed by atoms with Crippen molar-refractivity contribution in [2.75, 3.05) is 5.32 Å². The number of fused-ring (bicyclic) bond motifs is 1. The molecule has 0 aliphatic carbocycles. The van der Waals surface area contributed by atoms with Crippen LogP contribution < -0.4 is 40.0 Å². The zero-order valence-corrected chi connectivity index (χ0v) is 13.5. The van der Waals surface area contributed by atoms with E-state index in [1.807, 2.05) is 0 Å². The van der Waals surface area contributed by atoms with Crippen molar-refractivity contribution in [3.8, 4) is 0 Å². The second-order valence-electron chi connectivity index (χ2n) is 3.18. The van der Waals surface area contributed by atoms with Gasteiger partial charge in [-0.2, -0.15) is 8.42 Å². The van der Waals surface area contributed by atoms with Gasteiger partial charge in [-0.3, -0.25) is 0 Å². The molecular weight excluding hydrogens is 313 g/mol. The summed E-state index contributed by atoms with van der Waals surface area (Å²) in [5, 5.41) is 7.30. The third-order valence-corrected chi connectivity index (χ3v) is 4.68. The van der Waals surface area contributed by atoms with E-state index >= 15 is 0 Å². The molecular formula is C7H7ClN3NaO4S2. The first-order valence-electron chi connectivity index (χ1n) is 4.13. The summed E-state index contributed by atoms with van der Waals surface area (Å²) in [6, 6.07) is 2.05. The van der Waals surface area contributed by atoms with Gasteiger partial charge in [-0.25, -0.2) is 13.6 Å². The zero-order chi connectivity index (χ0) is 12.8. The molecule has 7 nitrogen and oxygen atoms in total. The Bertz CT molecular complexity index is 735. The third kappa shape index (κ3) is 2.87. The fourth-order valence-electron chi connectivity index (χ4n) is 1.30. The maximum atomic E-state index is 11.5. The third-order valence-electron chi connectivity index (χ3n) is 2.03. The molecule has 0 unspecified atom stereocenters. The molecule has 0 saturated carbocycles. The van der Waals surface area contributed by atoms with Gasteiger partial charge in [0.05, 0.1) is 10.7 Å². The molecule has 0 aromatic heterocycles. The summed E-state index contributed by atoms with van der Waals surface area (Å²) >= 11 is 5.70. The van der Waals surface area contributed by atoms with Crippen molar-refractivity contribution in [2.45, 2.75) is 9.79 Å². The number of primary sulfonamides is 1. The largest absolute Gasteiger partial charge is 1.00 e. The number of nitrogens with one attached hydrogen (secondary N) is 1. The topological polar surface area (TPSA) is 119 Å². The molecule has 0 atom stereocenters. The van der Waals surface area contributed by atoms with Crippen LogP contribution in [0.2, 0.25) is 5.02 Å². The Hall–Kier alpha value is -0.160. The molecule has 1 aromatic carbocycles. The maximum absolute atomic E-state index is 11.5. The van der Waals surface area contributed by atoms with Gasteiger partial charge in [0.25, 0.3) is 10.0 Å². The monoisotopic (exact) mass is 319 g/mol. The number of sulfonamides is 2. The van der Waals surface area contributed by atoms with Crippen molar-refractivity contribution >= 4 is 43.7 Å². The minimum absolute atomic E-state index is 0. The Labute approximate surface area is 132 Å². The standard InChI is InChI=1S/C7H6ClN3O4S2.Na.H/c8-4-1-5-7(2-6(4)16(9,12)13)17(14,15)11-3-10-5;;/h1-3H,(H,10,11)(H2,9,12,13);;/q;+1;-1. The van der Waals surface area contributed by atoms with Crippen LogP contribution in [-0.2, 0) is 20.0 Å². The quantitative estimate of drug-likeness (QED) is 0.544. The van der Waals surface area contributed by atoms with E-state index in [0.717, 1.165) is 12.4 Å². The van der Waals surface area contributed by atoms with E-state index in [9.17, 15) is 16.8 Å². The maximum Gasteiger partial charge on any atom is 1.00 e. The van der Waals surface area contributed by atoms with E-state index in [-0.39, 0.29) is 46.6 Å². The van der Waals surface area contributed by atoms with Crippen molar-refractivity contribution in [2.24, 2.45) is 9.54 Å². The molecule has 0 saturated heterocycles. The van der Waals surface area contributed by atoms with Crippen LogP contribution in [0.3, 0.4) is 0 Å². The van der Waals surface area contributed by atoms with Crippen LogP contribution in [0, 0.1) is 0 Å². The first-order valence-corrected chi connectivity index (χ1v) is 7.50. The van der Waals surface area contributed by atoms with Crippen LogP contribution in [0.5, 0.6) is 0 Å². The van der Waals surface area contributed by atoms with Crippen molar-refractivity contribution < 1.29 is 47.8 Å². The molecule has 0 spiro atoms. The number of anilines is 1. The molecule has 0 radical (unpaired) electrons. The molecule has 1 aliphatic heterocycles. The molecule has 11 heteroatoms. The van der Waals surface area contributed by atoms with Crippen LogP contribution in [0.1, 0.15) is 1.43 Å². The molecule has 3 N–H and O–H groups in total. The number of benzene rings is 1. The van der Waals surface area contributed by atoms with Gasteiger partial charge in [-0.1, -0.05) is 11.6 Å². The number of hydrogen-bond acceptors (Lipinski definition) is 5. The summed E-state index contributed by atoms with van der Waals surface area (Å²) in [6.07, 6.45) is 0.977. The van der Waals surface area contributed by atoms with E-state index in [1.54, 1.807) is 0 Å². The SMILES string of the molecule is NS(=O)(=O)c1cc2c(cc1Cl)NC=NS2(=O)=O.[H-].[Na+]. The average molecular weight is 320 g/mol. The summed E-state index contributed by atoms with van der Waals surface area (Å²) in [5.41, 5.74) is 0.150. The fraction of sp³-hybridized carbons (Fsp3) is 0. The van der Waals surface area contributed by atoms with E-state index in [1.165, 1.54) is 6.07 Å². The van der Waals surface area contributed by atoms with E-state index in [0.29, 0.717) is 0 Å². The molecule has 0 amide bonds. The first-order chi connectivity index (χ1) is 7.72. The number of nitrogens with zero attached hydrogens (tertiary/aromatic N) is 1. The average Bonchev–Trinajstić information content (AvgIpc) is 2.13. The summed E-state index contributed by atoms with van der Waals surface area (Å²) in [6.45, 7) is 0. The van der Waals surface area contributed by atoms with Crippen molar-refractivity contribution in [1.82, 2.24) is 0 Å². The van der Waals surface area contributed by atoms with Gasteiger partial charge in [0.15, 0.2) is 0 Å². The first kappa shape index (κ1) is 15.9. The van der Waals surface area contributed by atoms with Gasteiger partial charge in [-0.15, -0.1) is 4.40 Å². The predicted molar refractivity (Wildman–Crippen MR) is 63.2 cm³/mol. The van der Waals surface area contributed by atoms with Gasteiger partial charge in [0.1, 0.15) is 16.1 Å². The van der Waals surface area contributed by atoms with Crippen LogP contribution in [0.25, 0.3) is 0 Å². The molecule has 1 aromatic rings. The molecule has 94 valence electrons. The van der Waals surface area contributed by atoms with E-state index in [2.05, 4.69) is 9.71 Å². The van der Waals surface area contributed by atoms with Crippen LogP contribution in [-0.4, -0.2) is 23.2 Å². The second-order valence-corrected chi connectivity index (χ2v) is 6.72. The predicted octanol–water partition coefficient (Wildman–Crippen LogP) is -2.75. The molecule has 2 rings (SSSR count).